The van der Waals surface area contributed by atoms with Gasteiger partial charge in [-0.2, -0.15) is 0 Å². The van der Waals surface area contributed by atoms with E-state index in [0.29, 0.717) is 0 Å². The molecule has 2 aromatic rings. The molecule has 0 radical (unpaired) electrons. The van der Waals surface area contributed by atoms with Gasteiger partial charge in [-0.3, -0.25) is 0 Å². The van der Waals surface area contributed by atoms with Crippen LogP contribution in [0.4, 0.5) is 0 Å². The Kier molecular flexibility index (Phi) is 6.28. The molecule has 0 aliphatic carbocycles. The summed E-state index contributed by atoms with van der Waals surface area (Å²) in [5.41, 5.74) is 2.70. The minimum absolute atomic E-state index is 1.16. The SMILES string of the molecule is CCCC1=C(c2ccccc2)SC(c2ccccc2)=C(CCC)S1. The Morgan fingerprint density at radius 3 is 1.38 bits per heavy atom. The zero-order valence-electron chi connectivity index (χ0n) is 14.4. The Balaban J connectivity index is 2.03. The lowest BCUT2D eigenvalue weighted by atomic mass is 10.1. The zero-order chi connectivity index (χ0) is 16.8. The van der Waals surface area contributed by atoms with Gasteiger partial charge in [0.05, 0.1) is 0 Å². The summed E-state index contributed by atoms with van der Waals surface area (Å²) in [5, 5.41) is 0. The Hall–Kier alpha value is -1.38. The summed E-state index contributed by atoms with van der Waals surface area (Å²) >= 11 is 4.00. The molecule has 24 heavy (non-hydrogen) atoms. The highest BCUT2D eigenvalue weighted by Gasteiger charge is 2.23. The van der Waals surface area contributed by atoms with Crippen molar-refractivity contribution in [2.75, 3.05) is 0 Å². The number of allylic oxidation sites excluding steroid dienone is 2. The van der Waals surface area contributed by atoms with Crippen LogP contribution in [0.15, 0.2) is 70.5 Å². The third-order valence-corrected chi connectivity index (χ3v) is 6.92. The van der Waals surface area contributed by atoms with Crippen LogP contribution in [0.25, 0.3) is 9.81 Å². The van der Waals surface area contributed by atoms with Crippen molar-refractivity contribution in [2.24, 2.45) is 0 Å². The van der Waals surface area contributed by atoms with Crippen molar-refractivity contribution in [2.45, 2.75) is 39.5 Å². The molecule has 0 N–H and O–H groups in total. The molecule has 0 unspecified atom stereocenters. The minimum Gasteiger partial charge on any atom is -0.0966 e. The second kappa shape index (κ2) is 8.64. The van der Waals surface area contributed by atoms with E-state index in [4.69, 9.17) is 0 Å². The van der Waals surface area contributed by atoms with Gasteiger partial charge in [-0.15, -0.1) is 0 Å². The molecule has 0 nitrogen and oxygen atoms in total. The smallest absolute Gasteiger partial charge is 0.0293 e. The van der Waals surface area contributed by atoms with Gasteiger partial charge in [0.1, 0.15) is 0 Å². The standard InChI is InChI=1S/C22H24S2/c1-3-11-19-21(17-13-7-5-8-14-17)24-22(20(23-19)12-4-2)18-15-9-6-10-16-18/h5-10,13-16H,3-4,11-12H2,1-2H3. The number of hydrogen-bond acceptors (Lipinski definition) is 2. The zero-order valence-corrected chi connectivity index (χ0v) is 16.1. The molecule has 2 heteroatoms. The highest BCUT2D eigenvalue weighted by atomic mass is 32.2. The van der Waals surface area contributed by atoms with Crippen molar-refractivity contribution in [1.29, 1.82) is 0 Å². The first kappa shape index (κ1) is 17.4. The van der Waals surface area contributed by atoms with Crippen LogP contribution in [0.1, 0.15) is 50.7 Å². The average Bonchev–Trinajstić information content (AvgIpc) is 2.64. The summed E-state index contributed by atoms with van der Waals surface area (Å²) in [4.78, 5) is 5.97. The predicted octanol–water partition coefficient (Wildman–Crippen LogP) is 7.80. The molecule has 3 rings (SSSR count). The Labute approximate surface area is 154 Å². The van der Waals surface area contributed by atoms with Crippen LogP contribution in [0, 0.1) is 0 Å². The summed E-state index contributed by atoms with van der Waals surface area (Å²) in [5.74, 6) is 0. The maximum Gasteiger partial charge on any atom is 0.0293 e. The second-order valence-electron chi connectivity index (χ2n) is 5.94. The highest BCUT2D eigenvalue weighted by Crippen LogP contribution is 2.55. The molecule has 0 aromatic heterocycles. The van der Waals surface area contributed by atoms with E-state index in [1.165, 1.54) is 43.6 Å². The Morgan fingerprint density at radius 1 is 0.583 bits per heavy atom. The van der Waals surface area contributed by atoms with Gasteiger partial charge >= 0.3 is 0 Å². The fraction of sp³-hybridized carbons (Fsp3) is 0.273. The largest absolute Gasteiger partial charge is 0.0966 e. The fourth-order valence-corrected chi connectivity index (χ4v) is 5.83. The average molecular weight is 353 g/mol. The van der Waals surface area contributed by atoms with Gasteiger partial charge in [0.15, 0.2) is 0 Å². The van der Waals surface area contributed by atoms with Gasteiger partial charge in [0, 0.05) is 19.6 Å². The van der Waals surface area contributed by atoms with Crippen LogP contribution >= 0.6 is 23.5 Å². The monoisotopic (exact) mass is 352 g/mol. The summed E-state index contributed by atoms with van der Waals surface area (Å²) in [6.45, 7) is 4.55. The van der Waals surface area contributed by atoms with Crippen LogP contribution in [0.5, 0.6) is 0 Å². The van der Waals surface area contributed by atoms with E-state index < -0.39 is 0 Å². The molecule has 0 atom stereocenters. The fourth-order valence-electron chi connectivity index (χ4n) is 2.86. The van der Waals surface area contributed by atoms with E-state index in [1.807, 2.05) is 23.5 Å². The minimum atomic E-state index is 1.16. The first-order valence-corrected chi connectivity index (χ1v) is 10.4. The number of rotatable bonds is 6. The molecule has 0 spiro atoms. The summed E-state index contributed by atoms with van der Waals surface area (Å²) in [7, 11) is 0. The van der Waals surface area contributed by atoms with Crippen molar-refractivity contribution in [3.05, 3.63) is 81.6 Å². The van der Waals surface area contributed by atoms with Gasteiger partial charge in [-0.1, -0.05) is 111 Å². The molecular weight excluding hydrogens is 328 g/mol. The van der Waals surface area contributed by atoms with E-state index in [-0.39, 0.29) is 0 Å². The lowest BCUT2D eigenvalue weighted by Gasteiger charge is -2.25. The van der Waals surface area contributed by atoms with Gasteiger partial charge in [-0.05, 0) is 24.0 Å². The Bertz CT molecular complexity index is 664. The van der Waals surface area contributed by atoms with Crippen molar-refractivity contribution >= 4 is 33.3 Å². The van der Waals surface area contributed by atoms with Gasteiger partial charge < -0.3 is 0 Å². The first-order chi connectivity index (χ1) is 11.8. The van der Waals surface area contributed by atoms with Crippen LogP contribution < -0.4 is 0 Å². The predicted molar refractivity (Wildman–Crippen MR) is 112 cm³/mol. The molecule has 2 aromatic carbocycles. The lowest BCUT2D eigenvalue weighted by molar-refractivity contribution is 0.940. The summed E-state index contributed by atoms with van der Waals surface area (Å²) in [6, 6.07) is 21.7. The van der Waals surface area contributed by atoms with E-state index in [1.54, 1.807) is 0 Å². The Morgan fingerprint density at radius 2 is 1.00 bits per heavy atom. The normalized spacial score (nSPS) is 15.1. The van der Waals surface area contributed by atoms with Crippen molar-refractivity contribution in [1.82, 2.24) is 0 Å². The number of hydrogen-bond donors (Lipinski definition) is 0. The van der Waals surface area contributed by atoms with Crippen molar-refractivity contribution in [3.8, 4) is 0 Å². The van der Waals surface area contributed by atoms with E-state index in [9.17, 15) is 0 Å². The first-order valence-electron chi connectivity index (χ1n) is 8.76. The third-order valence-electron chi connectivity index (χ3n) is 3.98. The molecule has 0 amide bonds. The molecule has 1 heterocycles. The van der Waals surface area contributed by atoms with Crippen LogP contribution in [0.3, 0.4) is 0 Å². The maximum absolute atomic E-state index is 2.27. The van der Waals surface area contributed by atoms with E-state index in [2.05, 4.69) is 74.5 Å². The van der Waals surface area contributed by atoms with Crippen LogP contribution in [-0.2, 0) is 0 Å². The van der Waals surface area contributed by atoms with Crippen LogP contribution in [-0.4, -0.2) is 0 Å². The topological polar surface area (TPSA) is 0 Å². The molecule has 0 bridgehead atoms. The molecule has 1 aliphatic rings. The van der Waals surface area contributed by atoms with Gasteiger partial charge in [-0.25, -0.2) is 0 Å². The second-order valence-corrected chi connectivity index (χ2v) is 8.15. The molecule has 1 aliphatic heterocycles. The van der Waals surface area contributed by atoms with Crippen LogP contribution in [0.2, 0.25) is 0 Å². The summed E-state index contributed by atoms with van der Waals surface area (Å²) in [6.07, 6.45) is 4.72. The van der Waals surface area contributed by atoms with E-state index in [0.717, 1.165) is 12.8 Å². The number of thioether (sulfide) groups is 2. The quantitative estimate of drug-likeness (QED) is 0.520. The molecule has 0 saturated carbocycles. The lowest BCUT2D eigenvalue weighted by Crippen LogP contribution is -1.97. The third kappa shape index (κ3) is 3.99. The number of benzene rings is 2. The highest BCUT2D eigenvalue weighted by molar-refractivity contribution is 8.21. The molecule has 0 saturated heterocycles. The van der Waals surface area contributed by atoms with Crippen molar-refractivity contribution in [3.63, 3.8) is 0 Å². The molecule has 124 valence electrons. The van der Waals surface area contributed by atoms with Gasteiger partial charge in [0.25, 0.3) is 0 Å². The van der Waals surface area contributed by atoms with E-state index >= 15 is 0 Å². The van der Waals surface area contributed by atoms with Gasteiger partial charge in [0.2, 0.25) is 0 Å². The molecular formula is C22H24S2. The summed E-state index contributed by atoms with van der Waals surface area (Å²) < 4.78 is 0. The van der Waals surface area contributed by atoms with Crippen molar-refractivity contribution < 1.29 is 0 Å². The molecule has 0 fully saturated rings. The maximum atomic E-state index is 2.27.